The zero-order valence-electron chi connectivity index (χ0n) is 31.2. The van der Waals surface area contributed by atoms with E-state index in [1.807, 2.05) is 43.3 Å². The Hall–Kier alpha value is -4.20. The molecule has 3 aliphatic carbocycles. The SMILES string of the molecule is Cc1nc2ccccc2c2c1O[C@]1(CC2)C[C@H]2C(=O)N[C@]3(C(=O)NS(=O)(=O)C4(C)CC4)C[C@H]3/C=C\CCCCC[C@H](NC(=O)NC3CCCC3)C(=O)N2C1. The summed E-state index contributed by atoms with van der Waals surface area (Å²) < 4.78 is 34.6. The second-order valence-electron chi connectivity index (χ2n) is 16.9. The average Bonchev–Trinajstić information content (AvgIpc) is 3.93. The summed E-state index contributed by atoms with van der Waals surface area (Å²) in [7, 11) is -3.97. The standard InChI is InChI=1S/C40H52N6O7S/c1-25-33-29(28-15-10-11-16-30(28)41-25)18-19-39(53-33)23-32-34(47)44-40(36(49)45-54(51,52)38(2)20-21-38)22-26(40)12-6-4-3-5-7-17-31(35(48)46(32)24-39)43-37(50)42-27-13-8-9-14-27/h6,10-12,15-16,26-27,31-32H,3-5,7-9,13-14,17-24H2,1-2H3,(H,44,47)(H,45,49)(H2,42,43,50)/b12-6-/t26-,31+,32+,39-,40-/m1/s1. The van der Waals surface area contributed by atoms with Crippen molar-refractivity contribution < 1.29 is 32.3 Å². The molecule has 4 heterocycles. The number of aryl methyl sites for hydroxylation is 2. The molecule has 1 spiro atoms. The number of aromatic nitrogens is 1. The number of sulfonamides is 1. The maximum Gasteiger partial charge on any atom is 0.315 e. The van der Waals surface area contributed by atoms with E-state index >= 15 is 0 Å². The predicted octanol–water partition coefficient (Wildman–Crippen LogP) is 4.21. The molecule has 5 amide bonds. The number of ether oxygens (including phenoxy) is 1. The number of rotatable bonds is 5. The van der Waals surface area contributed by atoms with E-state index in [1.165, 1.54) is 4.90 Å². The lowest BCUT2D eigenvalue weighted by atomic mass is 9.87. The van der Waals surface area contributed by atoms with Gasteiger partial charge in [0.15, 0.2) is 0 Å². The fraction of sp³-hybridized carbons (Fsp3) is 0.625. The highest BCUT2D eigenvalue weighted by atomic mass is 32.2. The lowest BCUT2D eigenvalue weighted by Crippen LogP contribution is -2.59. The fourth-order valence-corrected chi connectivity index (χ4v) is 10.4. The molecule has 0 bridgehead atoms. The number of carbonyl (C=O) groups is 4. The van der Waals surface area contributed by atoms with Gasteiger partial charge in [-0.2, -0.15) is 0 Å². The fourth-order valence-electron chi connectivity index (χ4n) is 9.10. The second-order valence-corrected chi connectivity index (χ2v) is 19.1. The molecule has 4 N–H and O–H groups in total. The van der Waals surface area contributed by atoms with Crippen molar-refractivity contribution in [2.45, 2.75) is 144 Å². The summed E-state index contributed by atoms with van der Waals surface area (Å²) in [5.74, 6) is -1.43. The highest BCUT2D eigenvalue weighted by molar-refractivity contribution is 7.91. The van der Waals surface area contributed by atoms with E-state index < -0.39 is 61.8 Å². The number of nitrogens with zero attached hydrogens (tertiary/aromatic N) is 2. The number of allylic oxidation sites excluding steroid dienone is 1. The molecule has 3 saturated carbocycles. The van der Waals surface area contributed by atoms with E-state index in [0.717, 1.165) is 67.1 Å². The summed E-state index contributed by atoms with van der Waals surface area (Å²) in [6.07, 6.45) is 13.8. The Morgan fingerprint density at radius 2 is 1.74 bits per heavy atom. The lowest BCUT2D eigenvalue weighted by Gasteiger charge is -2.36. The molecule has 0 unspecified atom stereocenters. The van der Waals surface area contributed by atoms with Gasteiger partial charge in [-0.3, -0.25) is 19.1 Å². The third-order valence-electron chi connectivity index (χ3n) is 12.9. The summed E-state index contributed by atoms with van der Waals surface area (Å²) in [4.78, 5) is 63.0. The van der Waals surface area contributed by atoms with Gasteiger partial charge < -0.3 is 25.6 Å². The number of carbonyl (C=O) groups excluding carboxylic acids is 4. The van der Waals surface area contributed by atoms with E-state index in [0.29, 0.717) is 44.3 Å². The van der Waals surface area contributed by atoms with Gasteiger partial charge in [-0.25, -0.2) is 18.2 Å². The van der Waals surface area contributed by atoms with Gasteiger partial charge in [-0.15, -0.1) is 0 Å². The molecule has 6 aliphatic rings. The van der Waals surface area contributed by atoms with Crippen LogP contribution in [-0.4, -0.2) is 82.6 Å². The van der Waals surface area contributed by atoms with Crippen molar-refractivity contribution in [2.75, 3.05) is 6.54 Å². The van der Waals surface area contributed by atoms with E-state index in [1.54, 1.807) is 6.92 Å². The third-order valence-corrected chi connectivity index (χ3v) is 15.0. The Kier molecular flexibility index (Phi) is 9.41. The minimum absolute atomic E-state index is 0.0616. The summed E-state index contributed by atoms with van der Waals surface area (Å²) in [5, 5.41) is 9.99. The van der Waals surface area contributed by atoms with Gasteiger partial charge in [-0.05, 0) is 84.1 Å². The normalized spacial score (nSPS) is 31.5. The van der Waals surface area contributed by atoms with Gasteiger partial charge in [-0.1, -0.05) is 56.0 Å². The minimum Gasteiger partial charge on any atom is -0.483 e. The molecule has 1 aromatic carbocycles. The summed E-state index contributed by atoms with van der Waals surface area (Å²) in [6, 6.07) is 5.68. The van der Waals surface area contributed by atoms with Crippen molar-refractivity contribution >= 4 is 44.7 Å². The first-order chi connectivity index (χ1) is 25.8. The molecule has 1 saturated heterocycles. The van der Waals surface area contributed by atoms with Gasteiger partial charge in [0.2, 0.25) is 21.8 Å². The maximum absolute atomic E-state index is 14.8. The molecule has 4 fully saturated rings. The smallest absolute Gasteiger partial charge is 0.315 e. The molecule has 54 heavy (non-hydrogen) atoms. The summed E-state index contributed by atoms with van der Waals surface area (Å²) >= 11 is 0. The summed E-state index contributed by atoms with van der Waals surface area (Å²) in [5.41, 5.74) is 0.237. The number of pyridine rings is 1. The summed E-state index contributed by atoms with van der Waals surface area (Å²) in [6.45, 7) is 3.62. The molecular formula is C40H52N6O7S. The predicted molar refractivity (Wildman–Crippen MR) is 202 cm³/mol. The van der Waals surface area contributed by atoms with Crippen LogP contribution >= 0.6 is 0 Å². The monoisotopic (exact) mass is 760 g/mol. The van der Waals surface area contributed by atoms with Crippen molar-refractivity contribution in [1.82, 2.24) is 30.6 Å². The first-order valence-corrected chi connectivity index (χ1v) is 21.3. The first kappa shape index (κ1) is 36.8. The van der Waals surface area contributed by atoms with E-state index in [9.17, 15) is 27.6 Å². The highest BCUT2D eigenvalue weighted by Gasteiger charge is 2.64. The average molecular weight is 761 g/mol. The number of urea groups is 1. The van der Waals surface area contributed by atoms with E-state index in [2.05, 4.69) is 20.7 Å². The Bertz CT molecular complexity index is 2010. The van der Waals surface area contributed by atoms with E-state index in [-0.39, 0.29) is 31.3 Å². The lowest BCUT2D eigenvalue weighted by molar-refractivity contribution is -0.141. The number of amides is 5. The molecule has 5 atom stereocenters. The maximum atomic E-state index is 14.8. The van der Waals surface area contributed by atoms with Crippen LogP contribution in [0.3, 0.4) is 0 Å². The number of hydrogen-bond acceptors (Lipinski definition) is 8. The number of fused-ring (bicyclic) bond motifs is 5. The largest absolute Gasteiger partial charge is 0.483 e. The Morgan fingerprint density at radius 1 is 0.981 bits per heavy atom. The Balaban J connectivity index is 1.12. The van der Waals surface area contributed by atoms with Crippen LogP contribution in [0.5, 0.6) is 5.75 Å². The number of benzene rings is 1. The van der Waals surface area contributed by atoms with Crippen LogP contribution in [-0.2, 0) is 30.8 Å². The Morgan fingerprint density at radius 3 is 2.52 bits per heavy atom. The number of nitrogens with one attached hydrogen (secondary N) is 4. The molecule has 8 rings (SSSR count). The van der Waals surface area contributed by atoms with Crippen LogP contribution in [0.15, 0.2) is 36.4 Å². The van der Waals surface area contributed by atoms with Crippen molar-refractivity contribution in [2.24, 2.45) is 5.92 Å². The molecule has 2 aromatic rings. The number of para-hydroxylation sites is 1. The van der Waals surface area contributed by atoms with Crippen LogP contribution < -0.4 is 25.4 Å². The third kappa shape index (κ3) is 6.83. The zero-order valence-corrected chi connectivity index (χ0v) is 32.1. The Labute approximate surface area is 316 Å². The molecule has 3 aliphatic heterocycles. The van der Waals surface area contributed by atoms with Crippen LogP contribution in [0, 0.1) is 12.8 Å². The zero-order chi connectivity index (χ0) is 37.9. The van der Waals surface area contributed by atoms with Crippen molar-refractivity contribution in [3.63, 3.8) is 0 Å². The van der Waals surface area contributed by atoms with E-state index in [4.69, 9.17) is 9.72 Å². The van der Waals surface area contributed by atoms with Crippen molar-refractivity contribution in [1.29, 1.82) is 0 Å². The molecule has 0 radical (unpaired) electrons. The van der Waals surface area contributed by atoms with Gasteiger partial charge >= 0.3 is 6.03 Å². The highest BCUT2D eigenvalue weighted by Crippen LogP contribution is 2.49. The first-order valence-electron chi connectivity index (χ1n) is 19.8. The molecule has 290 valence electrons. The molecular weight excluding hydrogens is 709 g/mol. The molecule has 1 aromatic heterocycles. The van der Waals surface area contributed by atoms with Crippen molar-refractivity contribution in [3.05, 3.63) is 47.7 Å². The minimum atomic E-state index is -3.97. The van der Waals surface area contributed by atoms with Crippen LogP contribution in [0.4, 0.5) is 4.79 Å². The number of hydrogen-bond donors (Lipinski definition) is 4. The van der Waals surface area contributed by atoms with Crippen LogP contribution in [0.1, 0.15) is 108 Å². The quantitative estimate of drug-likeness (QED) is 0.328. The van der Waals surface area contributed by atoms with Gasteiger partial charge in [0.05, 0.1) is 22.5 Å². The van der Waals surface area contributed by atoms with Gasteiger partial charge in [0, 0.05) is 29.3 Å². The van der Waals surface area contributed by atoms with Crippen LogP contribution in [0.25, 0.3) is 10.9 Å². The van der Waals surface area contributed by atoms with Gasteiger partial charge in [0.1, 0.15) is 29.0 Å². The van der Waals surface area contributed by atoms with Crippen LogP contribution in [0.2, 0.25) is 0 Å². The second kappa shape index (κ2) is 13.8. The molecule has 13 nitrogen and oxygen atoms in total. The topological polar surface area (TPSA) is 176 Å². The van der Waals surface area contributed by atoms with Crippen molar-refractivity contribution in [3.8, 4) is 5.75 Å². The molecule has 14 heteroatoms. The van der Waals surface area contributed by atoms with Gasteiger partial charge in [0.25, 0.3) is 5.91 Å².